The van der Waals surface area contributed by atoms with Gasteiger partial charge in [-0.1, -0.05) is 26.0 Å². The summed E-state index contributed by atoms with van der Waals surface area (Å²) in [6.07, 6.45) is 3.71. The van der Waals surface area contributed by atoms with E-state index in [0.29, 0.717) is 49.1 Å². The third-order valence-corrected chi connectivity index (χ3v) is 7.37. The maximum Gasteiger partial charge on any atom is 0.227 e. The van der Waals surface area contributed by atoms with Gasteiger partial charge in [-0.3, -0.25) is 4.79 Å². The molecule has 4 rings (SSSR count). The highest BCUT2D eigenvalue weighted by atomic mass is 16.5. The number of carbonyl (C=O) groups is 1. The van der Waals surface area contributed by atoms with Crippen LogP contribution in [0.4, 0.5) is 11.6 Å². The lowest BCUT2D eigenvalue weighted by molar-refractivity contribution is -0.130. The molecule has 41 heavy (non-hydrogen) atoms. The molecule has 2 heterocycles. The molecular formula is C32H40N6O3. The summed E-state index contributed by atoms with van der Waals surface area (Å²) in [4.78, 5) is 26.3. The van der Waals surface area contributed by atoms with E-state index in [0.717, 1.165) is 55.8 Å². The SMILES string of the molecule is CCN(CC)CCN(CC)C(=O)Cc1cccc(Nc2nccc(-c3ccc(OC4CCOCC4)c(C#N)c3)n2)c1. The molecule has 0 radical (unpaired) electrons. The summed E-state index contributed by atoms with van der Waals surface area (Å²) >= 11 is 0. The molecule has 1 aliphatic heterocycles. The molecule has 9 heteroatoms. The molecule has 0 aliphatic carbocycles. The predicted molar refractivity (Wildman–Crippen MR) is 160 cm³/mol. The van der Waals surface area contributed by atoms with Crippen LogP contribution >= 0.6 is 0 Å². The molecule has 3 aromatic rings. The Morgan fingerprint density at radius 3 is 2.61 bits per heavy atom. The summed E-state index contributed by atoms with van der Waals surface area (Å²) in [5.74, 6) is 1.13. The van der Waals surface area contributed by atoms with Gasteiger partial charge in [0.1, 0.15) is 17.9 Å². The minimum absolute atomic E-state index is 0.0557. The molecule has 1 aliphatic rings. The fourth-order valence-corrected chi connectivity index (χ4v) is 4.87. The molecule has 1 amide bonds. The zero-order valence-electron chi connectivity index (χ0n) is 24.3. The number of hydrogen-bond acceptors (Lipinski definition) is 8. The first-order valence-electron chi connectivity index (χ1n) is 14.5. The summed E-state index contributed by atoms with van der Waals surface area (Å²) < 4.78 is 11.5. The van der Waals surface area contributed by atoms with Crippen LogP contribution in [0.3, 0.4) is 0 Å². The lowest BCUT2D eigenvalue weighted by atomic mass is 10.1. The van der Waals surface area contributed by atoms with Gasteiger partial charge in [0.2, 0.25) is 11.9 Å². The number of likely N-dealkylation sites (N-methyl/N-ethyl adjacent to an activating group) is 2. The Hall–Kier alpha value is -4.00. The van der Waals surface area contributed by atoms with Crippen molar-refractivity contribution in [2.75, 3.05) is 51.3 Å². The fraction of sp³-hybridized carbons (Fsp3) is 0.438. The van der Waals surface area contributed by atoms with Crippen LogP contribution in [0.2, 0.25) is 0 Å². The Labute approximate surface area is 243 Å². The predicted octanol–water partition coefficient (Wildman–Crippen LogP) is 5.05. The summed E-state index contributed by atoms with van der Waals surface area (Å²) in [6, 6.07) is 17.4. The third-order valence-electron chi connectivity index (χ3n) is 7.37. The first-order chi connectivity index (χ1) is 20.0. The van der Waals surface area contributed by atoms with Crippen molar-refractivity contribution in [3.8, 4) is 23.1 Å². The smallest absolute Gasteiger partial charge is 0.227 e. The van der Waals surface area contributed by atoms with Gasteiger partial charge >= 0.3 is 0 Å². The molecule has 9 nitrogen and oxygen atoms in total. The highest BCUT2D eigenvalue weighted by Crippen LogP contribution is 2.28. The minimum Gasteiger partial charge on any atom is -0.489 e. The number of ether oxygens (including phenoxy) is 2. The lowest BCUT2D eigenvalue weighted by Crippen LogP contribution is -2.39. The Balaban J connectivity index is 1.42. The maximum atomic E-state index is 13.0. The number of amides is 1. The number of benzene rings is 2. The molecule has 1 fully saturated rings. The van der Waals surface area contributed by atoms with Crippen LogP contribution in [0.15, 0.2) is 54.7 Å². The largest absolute Gasteiger partial charge is 0.489 e. The number of nitrogens with zero attached hydrogens (tertiary/aromatic N) is 5. The van der Waals surface area contributed by atoms with E-state index in [1.165, 1.54) is 0 Å². The molecule has 0 saturated carbocycles. The van der Waals surface area contributed by atoms with Gasteiger partial charge in [-0.15, -0.1) is 0 Å². The number of aromatic nitrogens is 2. The minimum atomic E-state index is 0.0557. The van der Waals surface area contributed by atoms with E-state index in [-0.39, 0.29) is 12.0 Å². The number of nitrogens with one attached hydrogen (secondary N) is 1. The monoisotopic (exact) mass is 556 g/mol. The van der Waals surface area contributed by atoms with Crippen LogP contribution in [0.5, 0.6) is 5.75 Å². The standard InChI is InChI=1S/C32H40N6O3/c1-4-37(5-2)16-17-38(6-3)31(39)21-24-8-7-9-27(20-24)35-32-34-15-12-29(36-32)25-10-11-30(26(22-25)23-33)41-28-13-18-40-19-14-28/h7-12,15,20,22,28H,4-6,13-14,16-19,21H2,1-3H3,(H,34,35,36). The highest BCUT2D eigenvalue weighted by Gasteiger charge is 2.18. The van der Waals surface area contributed by atoms with Crippen LogP contribution < -0.4 is 10.1 Å². The van der Waals surface area contributed by atoms with Gasteiger partial charge in [-0.25, -0.2) is 9.97 Å². The van der Waals surface area contributed by atoms with E-state index in [1.54, 1.807) is 12.3 Å². The van der Waals surface area contributed by atoms with Gasteiger partial charge < -0.3 is 24.6 Å². The normalized spacial score (nSPS) is 13.5. The van der Waals surface area contributed by atoms with Crippen molar-refractivity contribution in [3.63, 3.8) is 0 Å². The summed E-state index contributed by atoms with van der Waals surface area (Å²) in [6.45, 7) is 11.9. The molecular weight excluding hydrogens is 516 g/mol. The first-order valence-corrected chi connectivity index (χ1v) is 14.5. The van der Waals surface area contributed by atoms with Crippen molar-refractivity contribution in [1.29, 1.82) is 5.26 Å². The number of hydrogen-bond donors (Lipinski definition) is 1. The zero-order valence-corrected chi connectivity index (χ0v) is 24.3. The highest BCUT2D eigenvalue weighted by molar-refractivity contribution is 5.79. The Morgan fingerprint density at radius 2 is 1.88 bits per heavy atom. The average molecular weight is 557 g/mol. The van der Waals surface area contributed by atoms with E-state index in [9.17, 15) is 10.1 Å². The second kappa shape index (κ2) is 15.1. The van der Waals surface area contributed by atoms with Crippen molar-refractivity contribution >= 4 is 17.5 Å². The van der Waals surface area contributed by atoms with Gasteiger partial charge in [0.15, 0.2) is 0 Å². The Bertz CT molecular complexity index is 1330. The van der Waals surface area contributed by atoms with Crippen LogP contribution in [-0.2, 0) is 16.0 Å². The summed E-state index contributed by atoms with van der Waals surface area (Å²) in [5.41, 5.74) is 3.69. The molecule has 0 spiro atoms. The molecule has 1 aromatic heterocycles. The summed E-state index contributed by atoms with van der Waals surface area (Å²) in [5, 5.41) is 13.0. The van der Waals surface area contributed by atoms with Gasteiger partial charge in [0, 0.05) is 49.9 Å². The van der Waals surface area contributed by atoms with Crippen molar-refractivity contribution in [3.05, 3.63) is 65.9 Å². The molecule has 0 unspecified atom stereocenters. The molecule has 1 N–H and O–H groups in total. The van der Waals surface area contributed by atoms with Crippen LogP contribution in [0, 0.1) is 11.3 Å². The van der Waals surface area contributed by atoms with E-state index in [4.69, 9.17) is 9.47 Å². The van der Waals surface area contributed by atoms with Crippen molar-refractivity contribution in [2.45, 2.75) is 46.1 Å². The zero-order chi connectivity index (χ0) is 29.0. The van der Waals surface area contributed by atoms with E-state index >= 15 is 0 Å². The average Bonchev–Trinajstić information content (AvgIpc) is 3.00. The van der Waals surface area contributed by atoms with E-state index in [2.05, 4.69) is 40.1 Å². The van der Waals surface area contributed by atoms with E-state index < -0.39 is 0 Å². The second-order valence-electron chi connectivity index (χ2n) is 10.0. The van der Waals surface area contributed by atoms with Crippen LogP contribution in [-0.4, -0.2) is 77.7 Å². The number of anilines is 2. The van der Waals surface area contributed by atoms with Crippen LogP contribution in [0.1, 0.15) is 44.7 Å². The van der Waals surface area contributed by atoms with Gasteiger partial charge in [0.05, 0.1) is 30.9 Å². The maximum absolute atomic E-state index is 13.0. The van der Waals surface area contributed by atoms with E-state index in [1.807, 2.05) is 54.3 Å². The van der Waals surface area contributed by atoms with Gasteiger partial charge in [0.25, 0.3) is 0 Å². The lowest BCUT2D eigenvalue weighted by Gasteiger charge is -2.25. The molecule has 1 saturated heterocycles. The van der Waals surface area contributed by atoms with Crippen molar-refractivity contribution in [1.82, 2.24) is 19.8 Å². The summed E-state index contributed by atoms with van der Waals surface area (Å²) in [7, 11) is 0. The van der Waals surface area contributed by atoms with Crippen LogP contribution in [0.25, 0.3) is 11.3 Å². The number of carbonyl (C=O) groups excluding carboxylic acids is 1. The number of rotatable bonds is 13. The van der Waals surface area contributed by atoms with Crippen molar-refractivity contribution < 1.29 is 14.3 Å². The second-order valence-corrected chi connectivity index (χ2v) is 10.0. The van der Waals surface area contributed by atoms with Gasteiger partial charge in [-0.2, -0.15) is 5.26 Å². The molecule has 216 valence electrons. The Kier molecular flexibility index (Phi) is 11.1. The molecule has 0 bridgehead atoms. The fourth-order valence-electron chi connectivity index (χ4n) is 4.87. The molecule has 0 atom stereocenters. The molecule has 2 aromatic carbocycles. The van der Waals surface area contributed by atoms with Crippen molar-refractivity contribution in [2.24, 2.45) is 0 Å². The third kappa shape index (κ3) is 8.49. The number of nitriles is 1. The Morgan fingerprint density at radius 1 is 1.07 bits per heavy atom. The van der Waals surface area contributed by atoms with Gasteiger partial charge in [-0.05, 0) is 62.0 Å². The quantitative estimate of drug-likeness (QED) is 0.312. The topological polar surface area (TPSA) is 104 Å². The first kappa shape index (κ1) is 30.0.